The molecule has 0 bridgehead atoms. The van der Waals surface area contributed by atoms with Gasteiger partial charge in [0.05, 0.1) is 0 Å². The Morgan fingerprint density at radius 1 is 1.19 bits per heavy atom. The van der Waals surface area contributed by atoms with Gasteiger partial charge in [-0.3, -0.25) is 14.5 Å². The monoisotopic (exact) mass is 374 g/mol. The van der Waals surface area contributed by atoms with Gasteiger partial charge < -0.3 is 15.2 Å². The van der Waals surface area contributed by atoms with E-state index in [4.69, 9.17) is 11.6 Å². The lowest BCUT2D eigenvalue weighted by Crippen LogP contribution is -2.49. The summed E-state index contributed by atoms with van der Waals surface area (Å²) in [5.74, 6) is -0.00143. The summed E-state index contributed by atoms with van der Waals surface area (Å²) in [5, 5.41) is 3.52. The van der Waals surface area contributed by atoms with Crippen LogP contribution in [0.2, 0.25) is 5.02 Å². The molecule has 1 fully saturated rings. The Labute approximate surface area is 158 Å². The first-order valence-electron chi connectivity index (χ1n) is 8.74. The van der Waals surface area contributed by atoms with E-state index in [1.807, 2.05) is 30.0 Å². The van der Waals surface area contributed by atoms with Gasteiger partial charge in [0.25, 0.3) is 5.91 Å². The third-order valence-electron chi connectivity index (χ3n) is 4.60. The molecule has 1 aromatic carbocycles. The molecule has 1 aliphatic rings. The second-order valence-corrected chi connectivity index (χ2v) is 6.89. The molecule has 0 radical (unpaired) electrons. The molecule has 2 aromatic rings. The summed E-state index contributed by atoms with van der Waals surface area (Å²) in [6.45, 7) is 5.50. The fourth-order valence-electron chi connectivity index (χ4n) is 2.96. The highest BCUT2D eigenvalue weighted by Crippen LogP contribution is 2.20. The molecule has 0 saturated carbocycles. The van der Waals surface area contributed by atoms with E-state index < -0.39 is 0 Å². The average Bonchev–Trinajstić information content (AvgIpc) is 3.18. The number of H-pyrrole nitrogens is 1. The van der Waals surface area contributed by atoms with Crippen LogP contribution < -0.4 is 5.32 Å². The van der Waals surface area contributed by atoms with Crippen molar-refractivity contribution < 1.29 is 9.59 Å². The maximum absolute atomic E-state index is 12.3. The van der Waals surface area contributed by atoms with Crippen LogP contribution in [0.3, 0.4) is 0 Å². The zero-order chi connectivity index (χ0) is 18.5. The van der Waals surface area contributed by atoms with E-state index in [2.05, 4.69) is 15.2 Å². The predicted octanol–water partition coefficient (Wildman–Crippen LogP) is 2.76. The number of benzene rings is 1. The average molecular weight is 375 g/mol. The Kier molecular flexibility index (Phi) is 5.96. The fourth-order valence-corrected chi connectivity index (χ4v) is 3.14. The second-order valence-electron chi connectivity index (χ2n) is 6.48. The van der Waals surface area contributed by atoms with Gasteiger partial charge in [-0.05, 0) is 36.8 Å². The molecule has 0 unspecified atom stereocenters. The molecule has 3 rings (SSSR count). The highest BCUT2D eigenvalue weighted by atomic mass is 35.5. The van der Waals surface area contributed by atoms with E-state index in [1.165, 1.54) is 0 Å². The number of nitrogens with zero attached hydrogens (tertiary/aromatic N) is 2. The van der Waals surface area contributed by atoms with Gasteiger partial charge in [-0.15, -0.1) is 0 Å². The molecule has 7 heteroatoms. The number of hydrogen-bond donors (Lipinski definition) is 2. The number of amides is 2. The summed E-state index contributed by atoms with van der Waals surface area (Å²) >= 11 is 6.08. The van der Waals surface area contributed by atoms with Gasteiger partial charge in [0.2, 0.25) is 5.91 Å². The SMILES string of the molecule is Cc1ccc(NC(=O)CCN2CCN(C(=O)c3ccc[nH]3)CC2)cc1Cl. The standard InChI is InChI=1S/C19H23ClN4O2/c1-14-4-5-15(13-16(14)20)22-18(25)6-8-23-9-11-24(12-10-23)19(26)17-3-2-7-21-17/h2-5,7,13,21H,6,8-12H2,1H3,(H,22,25). The fraction of sp³-hybridized carbons (Fsp3) is 0.368. The van der Waals surface area contributed by atoms with Gasteiger partial charge in [0, 0.05) is 56.1 Å². The number of anilines is 1. The van der Waals surface area contributed by atoms with Crippen molar-refractivity contribution in [2.75, 3.05) is 38.0 Å². The highest BCUT2D eigenvalue weighted by Gasteiger charge is 2.22. The van der Waals surface area contributed by atoms with Gasteiger partial charge >= 0.3 is 0 Å². The van der Waals surface area contributed by atoms with E-state index >= 15 is 0 Å². The molecule has 138 valence electrons. The van der Waals surface area contributed by atoms with Crippen LogP contribution in [-0.2, 0) is 4.79 Å². The number of aryl methyl sites for hydroxylation is 1. The molecule has 1 aromatic heterocycles. The Morgan fingerprint density at radius 2 is 1.96 bits per heavy atom. The maximum atomic E-state index is 12.3. The Morgan fingerprint density at radius 3 is 2.62 bits per heavy atom. The third kappa shape index (κ3) is 4.65. The Hall–Kier alpha value is -2.31. The molecule has 2 N–H and O–H groups in total. The van der Waals surface area contributed by atoms with Crippen molar-refractivity contribution in [3.8, 4) is 0 Å². The molecule has 1 aliphatic heterocycles. The molecule has 0 spiro atoms. The van der Waals surface area contributed by atoms with Crippen molar-refractivity contribution in [3.05, 3.63) is 52.8 Å². The first kappa shape index (κ1) is 18.5. The van der Waals surface area contributed by atoms with Gasteiger partial charge in [-0.25, -0.2) is 0 Å². The van der Waals surface area contributed by atoms with Gasteiger partial charge in [-0.2, -0.15) is 0 Å². The van der Waals surface area contributed by atoms with Gasteiger partial charge in [0.15, 0.2) is 0 Å². The lowest BCUT2D eigenvalue weighted by atomic mass is 10.2. The van der Waals surface area contributed by atoms with Crippen LogP contribution in [0.1, 0.15) is 22.5 Å². The van der Waals surface area contributed by atoms with Gasteiger partial charge in [-0.1, -0.05) is 17.7 Å². The van der Waals surface area contributed by atoms with Crippen molar-refractivity contribution in [2.45, 2.75) is 13.3 Å². The van der Waals surface area contributed by atoms with Crippen molar-refractivity contribution in [1.29, 1.82) is 0 Å². The largest absolute Gasteiger partial charge is 0.357 e. The molecule has 0 aliphatic carbocycles. The van der Waals surface area contributed by atoms with E-state index in [-0.39, 0.29) is 11.8 Å². The van der Waals surface area contributed by atoms with Crippen LogP contribution in [0.4, 0.5) is 5.69 Å². The van der Waals surface area contributed by atoms with E-state index in [0.29, 0.717) is 42.5 Å². The van der Waals surface area contributed by atoms with Crippen LogP contribution in [0.5, 0.6) is 0 Å². The zero-order valence-electron chi connectivity index (χ0n) is 14.8. The molecule has 26 heavy (non-hydrogen) atoms. The lowest BCUT2D eigenvalue weighted by molar-refractivity contribution is -0.116. The minimum atomic E-state index is -0.0326. The summed E-state index contributed by atoms with van der Waals surface area (Å²) < 4.78 is 0. The number of aromatic amines is 1. The normalized spacial score (nSPS) is 15.1. The summed E-state index contributed by atoms with van der Waals surface area (Å²) in [7, 11) is 0. The predicted molar refractivity (Wildman–Crippen MR) is 103 cm³/mol. The minimum Gasteiger partial charge on any atom is -0.357 e. The number of rotatable bonds is 5. The topological polar surface area (TPSA) is 68.4 Å². The molecule has 2 amide bonds. The second kappa shape index (κ2) is 8.38. The maximum Gasteiger partial charge on any atom is 0.270 e. The molecule has 6 nitrogen and oxygen atoms in total. The molecule has 0 atom stereocenters. The highest BCUT2D eigenvalue weighted by molar-refractivity contribution is 6.31. The third-order valence-corrected chi connectivity index (χ3v) is 5.01. The van der Waals surface area contributed by atoms with Crippen molar-refractivity contribution in [1.82, 2.24) is 14.8 Å². The van der Waals surface area contributed by atoms with Crippen molar-refractivity contribution in [2.24, 2.45) is 0 Å². The molecule has 2 heterocycles. The van der Waals surface area contributed by atoms with Crippen LogP contribution in [-0.4, -0.2) is 59.3 Å². The summed E-state index contributed by atoms with van der Waals surface area (Å²) in [4.78, 5) is 31.4. The Bertz CT molecular complexity index is 768. The molecular formula is C19H23ClN4O2. The van der Waals surface area contributed by atoms with Crippen LogP contribution in [0, 0.1) is 6.92 Å². The number of carbonyl (C=O) groups excluding carboxylic acids is 2. The minimum absolute atomic E-state index is 0.0312. The molecule has 1 saturated heterocycles. The van der Waals surface area contributed by atoms with E-state index in [9.17, 15) is 9.59 Å². The van der Waals surface area contributed by atoms with E-state index in [0.717, 1.165) is 18.7 Å². The van der Waals surface area contributed by atoms with Crippen molar-refractivity contribution in [3.63, 3.8) is 0 Å². The lowest BCUT2D eigenvalue weighted by Gasteiger charge is -2.34. The number of hydrogen-bond acceptors (Lipinski definition) is 3. The Balaban J connectivity index is 1.41. The number of piperazine rings is 1. The van der Waals surface area contributed by atoms with Crippen molar-refractivity contribution >= 4 is 29.1 Å². The van der Waals surface area contributed by atoms with Crippen LogP contribution >= 0.6 is 11.6 Å². The summed E-state index contributed by atoms with van der Waals surface area (Å²) in [5.41, 5.74) is 2.32. The number of aromatic nitrogens is 1. The number of carbonyl (C=O) groups is 2. The first-order chi connectivity index (χ1) is 12.5. The number of nitrogens with one attached hydrogen (secondary N) is 2. The molecular weight excluding hydrogens is 352 g/mol. The zero-order valence-corrected chi connectivity index (χ0v) is 15.6. The first-order valence-corrected chi connectivity index (χ1v) is 9.12. The number of halogens is 1. The van der Waals surface area contributed by atoms with Crippen LogP contribution in [0.25, 0.3) is 0 Å². The van der Waals surface area contributed by atoms with Gasteiger partial charge in [0.1, 0.15) is 5.69 Å². The summed E-state index contributed by atoms with van der Waals surface area (Å²) in [6.07, 6.45) is 2.17. The smallest absolute Gasteiger partial charge is 0.270 e. The summed E-state index contributed by atoms with van der Waals surface area (Å²) in [6, 6.07) is 9.11. The van der Waals surface area contributed by atoms with Crippen LogP contribution in [0.15, 0.2) is 36.5 Å². The van der Waals surface area contributed by atoms with E-state index in [1.54, 1.807) is 18.3 Å². The quantitative estimate of drug-likeness (QED) is 0.845.